The summed E-state index contributed by atoms with van der Waals surface area (Å²) in [6.45, 7) is 7.19. The molecule has 1 aromatic carbocycles. The first kappa shape index (κ1) is 21.9. The Morgan fingerprint density at radius 1 is 1.19 bits per heavy atom. The molecule has 8 heteroatoms. The third kappa shape index (κ3) is 3.98. The van der Waals surface area contributed by atoms with E-state index >= 15 is 0 Å². The van der Waals surface area contributed by atoms with E-state index in [4.69, 9.17) is 4.74 Å². The number of hydrogen-bond donors (Lipinski definition) is 0. The topological polar surface area (TPSA) is 84.0 Å². The quantitative estimate of drug-likeness (QED) is 0.267. The van der Waals surface area contributed by atoms with Gasteiger partial charge in [-0.25, -0.2) is 0 Å². The average molecular weight is 443 g/mol. The second-order valence-corrected chi connectivity index (χ2v) is 15.7. The summed E-state index contributed by atoms with van der Waals surface area (Å²) in [6.07, 6.45) is 3.19. The minimum Gasteiger partial charge on any atom is -0.361 e. The zero-order valence-corrected chi connectivity index (χ0v) is 19.5. The molecule has 2 fully saturated rings. The molecule has 3 amide bonds. The SMILES string of the molecule is C[Si](C)(C)CCOCN1C(=O)CCC(N2C(=O)C3(CC3)c3cc(CC=O)ccc32)C1=O. The van der Waals surface area contributed by atoms with Crippen LogP contribution in [0, 0.1) is 0 Å². The summed E-state index contributed by atoms with van der Waals surface area (Å²) in [5.74, 6) is -0.667. The van der Waals surface area contributed by atoms with E-state index in [1.807, 2.05) is 18.2 Å². The maximum absolute atomic E-state index is 13.4. The van der Waals surface area contributed by atoms with Gasteiger partial charge in [-0.2, -0.15) is 0 Å². The Bertz CT molecular complexity index is 934. The molecule has 2 heterocycles. The zero-order chi connectivity index (χ0) is 22.4. The van der Waals surface area contributed by atoms with Crippen LogP contribution in [-0.4, -0.2) is 56.4 Å². The summed E-state index contributed by atoms with van der Waals surface area (Å²) in [7, 11) is -1.27. The van der Waals surface area contributed by atoms with Crippen LogP contribution in [0.3, 0.4) is 0 Å². The van der Waals surface area contributed by atoms with Crippen LogP contribution in [0.15, 0.2) is 18.2 Å². The van der Waals surface area contributed by atoms with Crippen molar-refractivity contribution in [3.8, 4) is 0 Å². The molecule has 0 bridgehead atoms. The maximum atomic E-state index is 13.4. The van der Waals surface area contributed by atoms with Gasteiger partial charge >= 0.3 is 0 Å². The third-order valence-corrected chi connectivity index (χ3v) is 8.25. The van der Waals surface area contributed by atoms with Gasteiger partial charge in [-0.1, -0.05) is 31.8 Å². The van der Waals surface area contributed by atoms with E-state index in [1.54, 1.807) is 4.90 Å². The Hall–Kier alpha value is -2.32. The van der Waals surface area contributed by atoms with Gasteiger partial charge in [0.2, 0.25) is 11.8 Å². The number of likely N-dealkylation sites (tertiary alicyclic amines) is 1. The van der Waals surface area contributed by atoms with E-state index in [-0.39, 0.29) is 30.9 Å². The fourth-order valence-corrected chi connectivity index (χ4v) is 5.26. The number of rotatable bonds is 8. The number of ether oxygens (including phenoxy) is 1. The lowest BCUT2D eigenvalue weighted by molar-refractivity contribution is -0.156. The minimum atomic E-state index is -1.27. The molecule has 1 saturated carbocycles. The van der Waals surface area contributed by atoms with Gasteiger partial charge in [0.05, 0.1) is 5.41 Å². The summed E-state index contributed by atoms with van der Waals surface area (Å²) in [5, 5.41) is 0. The molecular weight excluding hydrogens is 412 g/mol. The van der Waals surface area contributed by atoms with E-state index in [0.29, 0.717) is 19.4 Å². The van der Waals surface area contributed by atoms with Gasteiger partial charge in [-0.15, -0.1) is 0 Å². The Morgan fingerprint density at radius 3 is 2.58 bits per heavy atom. The lowest BCUT2D eigenvalue weighted by atomic mass is 9.95. The van der Waals surface area contributed by atoms with E-state index < -0.39 is 19.5 Å². The molecule has 4 rings (SSSR count). The Balaban J connectivity index is 1.54. The maximum Gasteiger partial charge on any atom is 0.254 e. The summed E-state index contributed by atoms with van der Waals surface area (Å²) in [6, 6.07) is 5.88. The Kier molecular flexibility index (Phi) is 5.64. The zero-order valence-electron chi connectivity index (χ0n) is 18.5. The molecule has 1 unspecified atom stereocenters. The van der Waals surface area contributed by atoms with Gasteiger partial charge in [-0.05, 0) is 42.5 Å². The van der Waals surface area contributed by atoms with Crippen molar-refractivity contribution in [2.45, 2.75) is 69.2 Å². The lowest BCUT2D eigenvalue weighted by Crippen LogP contribution is -2.56. The number of nitrogens with zero attached hydrogens (tertiary/aromatic N) is 2. The monoisotopic (exact) mass is 442 g/mol. The van der Waals surface area contributed by atoms with Crippen molar-refractivity contribution in [1.82, 2.24) is 4.90 Å². The molecule has 0 aromatic heterocycles. The molecule has 0 radical (unpaired) electrons. The second-order valence-electron chi connectivity index (χ2n) is 10.0. The highest BCUT2D eigenvalue weighted by atomic mass is 28.3. The second kappa shape index (κ2) is 7.98. The van der Waals surface area contributed by atoms with E-state index in [1.165, 1.54) is 4.90 Å². The summed E-state index contributed by atoms with van der Waals surface area (Å²) >= 11 is 0. The first-order chi connectivity index (χ1) is 14.7. The van der Waals surface area contributed by atoms with Crippen molar-refractivity contribution in [1.29, 1.82) is 0 Å². The smallest absolute Gasteiger partial charge is 0.254 e. The number of hydrogen-bond acceptors (Lipinski definition) is 5. The number of anilines is 1. The first-order valence-electron chi connectivity index (χ1n) is 11.0. The number of aldehydes is 1. The molecule has 2 aliphatic heterocycles. The fraction of sp³-hybridized carbons (Fsp3) is 0.565. The lowest BCUT2D eigenvalue weighted by Gasteiger charge is -2.35. The number of carbonyl (C=O) groups is 4. The normalized spacial score (nSPS) is 22.3. The van der Waals surface area contributed by atoms with Crippen molar-refractivity contribution >= 4 is 37.8 Å². The van der Waals surface area contributed by atoms with Crippen molar-refractivity contribution in [3.05, 3.63) is 29.3 Å². The van der Waals surface area contributed by atoms with Gasteiger partial charge < -0.3 is 9.53 Å². The van der Waals surface area contributed by atoms with Crippen molar-refractivity contribution < 1.29 is 23.9 Å². The molecule has 1 atom stereocenters. The molecule has 1 aromatic rings. The molecule has 1 aliphatic carbocycles. The number of fused-ring (bicyclic) bond motifs is 2. The number of piperidine rings is 1. The highest BCUT2D eigenvalue weighted by Crippen LogP contribution is 2.58. The van der Waals surface area contributed by atoms with Crippen molar-refractivity contribution in [2.75, 3.05) is 18.2 Å². The highest BCUT2D eigenvalue weighted by molar-refractivity contribution is 6.76. The van der Waals surface area contributed by atoms with Gasteiger partial charge in [0.25, 0.3) is 5.91 Å². The number of carbonyl (C=O) groups excluding carboxylic acids is 4. The van der Waals surface area contributed by atoms with Crippen LogP contribution in [-0.2, 0) is 35.8 Å². The predicted octanol–water partition coefficient (Wildman–Crippen LogP) is 2.64. The molecule has 1 saturated heterocycles. The van der Waals surface area contributed by atoms with Gasteiger partial charge in [0.1, 0.15) is 19.1 Å². The molecule has 1 spiro atoms. The van der Waals surface area contributed by atoms with Gasteiger partial charge in [0, 0.05) is 33.2 Å². The van der Waals surface area contributed by atoms with Crippen LogP contribution >= 0.6 is 0 Å². The standard InChI is InChI=1S/C23H30N2O5Si/c1-31(2,3)13-12-30-15-24-20(27)7-6-19(21(24)28)25-18-5-4-16(8-11-26)14-17(18)23(9-10-23)22(25)29/h4-5,11,14,19H,6-10,12-13,15H2,1-3H3. The molecule has 166 valence electrons. The fourth-order valence-electron chi connectivity index (χ4n) is 4.50. The van der Waals surface area contributed by atoms with E-state index in [9.17, 15) is 19.2 Å². The van der Waals surface area contributed by atoms with Crippen molar-refractivity contribution in [3.63, 3.8) is 0 Å². The number of amides is 3. The largest absolute Gasteiger partial charge is 0.361 e. The van der Waals surface area contributed by atoms with Crippen LogP contribution < -0.4 is 4.90 Å². The molecule has 7 nitrogen and oxygen atoms in total. The van der Waals surface area contributed by atoms with Crippen molar-refractivity contribution in [2.24, 2.45) is 0 Å². The molecule has 3 aliphatic rings. The van der Waals surface area contributed by atoms with Crippen LogP contribution in [0.25, 0.3) is 0 Å². The summed E-state index contributed by atoms with van der Waals surface area (Å²) in [5.41, 5.74) is 1.97. The predicted molar refractivity (Wildman–Crippen MR) is 118 cm³/mol. The summed E-state index contributed by atoms with van der Waals surface area (Å²) in [4.78, 5) is 52.8. The average Bonchev–Trinajstić information content (AvgIpc) is 3.47. The highest BCUT2D eigenvalue weighted by Gasteiger charge is 2.61. The first-order valence-corrected chi connectivity index (χ1v) is 14.7. The molecular formula is C23H30N2O5Si. The van der Waals surface area contributed by atoms with Crippen LogP contribution in [0.1, 0.15) is 36.8 Å². The van der Waals surface area contributed by atoms with Crippen LogP contribution in [0.2, 0.25) is 25.7 Å². The molecule has 0 N–H and O–H groups in total. The third-order valence-electron chi connectivity index (χ3n) is 6.55. The minimum absolute atomic E-state index is 0.0574. The van der Waals surface area contributed by atoms with E-state index in [0.717, 1.165) is 42.0 Å². The Morgan fingerprint density at radius 2 is 1.94 bits per heavy atom. The number of imide groups is 1. The summed E-state index contributed by atoms with van der Waals surface area (Å²) < 4.78 is 5.68. The number of benzene rings is 1. The van der Waals surface area contributed by atoms with Gasteiger partial charge in [-0.3, -0.25) is 24.2 Å². The molecule has 31 heavy (non-hydrogen) atoms. The Labute approximate surface area is 183 Å². The van der Waals surface area contributed by atoms with Gasteiger partial charge in [0.15, 0.2) is 0 Å². The van der Waals surface area contributed by atoms with Crippen LogP contribution in [0.5, 0.6) is 0 Å². The van der Waals surface area contributed by atoms with Crippen LogP contribution in [0.4, 0.5) is 5.69 Å². The van der Waals surface area contributed by atoms with E-state index in [2.05, 4.69) is 19.6 Å².